The van der Waals surface area contributed by atoms with E-state index < -0.39 is 0 Å². The van der Waals surface area contributed by atoms with Gasteiger partial charge in [-0.05, 0) is 137 Å². The third-order valence-corrected chi connectivity index (χ3v) is 18.7. The number of aromatic nitrogens is 28. The van der Waals surface area contributed by atoms with E-state index in [1.165, 1.54) is 44.9 Å². The zero-order valence-corrected chi connectivity index (χ0v) is 60.6. The number of nitrogens with zero attached hydrogens (tertiary/aromatic N) is 24. The van der Waals surface area contributed by atoms with Gasteiger partial charge in [0.05, 0.1) is 48.2 Å². The molecular formula is C71H84N32O4. The molecule has 36 nitrogen and oxygen atoms in total. The third-order valence-electron chi connectivity index (χ3n) is 18.7. The van der Waals surface area contributed by atoms with Crippen molar-refractivity contribution in [3.8, 4) is 0 Å². The number of aromatic amines is 4. The molecule has 0 spiro atoms. The van der Waals surface area contributed by atoms with Crippen LogP contribution in [0.25, 0.3) is 88.8 Å². The van der Waals surface area contributed by atoms with Crippen molar-refractivity contribution in [2.24, 2.45) is 5.92 Å². The maximum absolute atomic E-state index is 12.4. The fourth-order valence-corrected chi connectivity index (χ4v) is 13.3. The lowest BCUT2D eigenvalue weighted by atomic mass is 10.1. The number of benzene rings is 4. The lowest BCUT2D eigenvalue weighted by Crippen LogP contribution is -2.17. The average molecular weight is 1450 g/mol. The molecule has 36 heteroatoms. The number of hydrogen-bond donors (Lipinski definition) is 8. The number of nitrogens with one attached hydrogen (secondary N) is 4. The fourth-order valence-electron chi connectivity index (χ4n) is 13.3. The summed E-state index contributed by atoms with van der Waals surface area (Å²) in [4.78, 5) is 94.3. The van der Waals surface area contributed by atoms with Crippen molar-refractivity contribution in [3.63, 3.8) is 0 Å². The molecular weight excluding hydrogens is 1370 g/mol. The highest BCUT2D eigenvalue weighted by atomic mass is 16.2. The molecule has 0 saturated heterocycles. The van der Waals surface area contributed by atoms with Crippen molar-refractivity contribution >= 4 is 112 Å². The van der Waals surface area contributed by atoms with Gasteiger partial charge in [0.2, 0.25) is 0 Å². The van der Waals surface area contributed by atoms with Gasteiger partial charge in [-0.2, -0.15) is 0 Å². The Bertz CT molecular complexity index is 6020. The van der Waals surface area contributed by atoms with E-state index in [9.17, 15) is 19.2 Å². The van der Waals surface area contributed by atoms with Crippen molar-refractivity contribution in [2.75, 3.05) is 22.9 Å². The van der Waals surface area contributed by atoms with Crippen LogP contribution >= 0.6 is 0 Å². The molecule has 552 valence electrons. The predicted octanol–water partition coefficient (Wildman–Crippen LogP) is 7.19. The van der Waals surface area contributed by atoms with Gasteiger partial charge in [0.1, 0.15) is 67.4 Å². The van der Waals surface area contributed by atoms with E-state index in [0.29, 0.717) is 94.1 Å². The van der Waals surface area contributed by atoms with E-state index in [1.807, 2.05) is 91.5 Å². The number of imidazole rings is 4. The Morgan fingerprint density at radius 3 is 0.916 bits per heavy atom. The van der Waals surface area contributed by atoms with Crippen LogP contribution < -0.4 is 45.7 Å². The van der Waals surface area contributed by atoms with Gasteiger partial charge in [0, 0.05) is 26.2 Å². The summed E-state index contributed by atoms with van der Waals surface area (Å²) >= 11 is 0. The van der Waals surface area contributed by atoms with E-state index in [1.54, 1.807) is 46.0 Å². The van der Waals surface area contributed by atoms with Gasteiger partial charge >= 0.3 is 22.8 Å². The SMILES string of the molecule is CCCCCCCn1nnc2cc(Cn3c(=O)[nH]c4c(N)nc(C)nc43)ccc21.CCCn1nnc2cc(Cn3c(=O)[nH]c4c(N)nc(C)nc43)ccc21.CCCn1nnc2cc(Cn3c(=O)[nH]c4c(N)nc(C)nc43)ccc21.Cc1nc(N)c2[nH]c(=O)n(Cc3ccc4c(c3)nnn4CCCC3CC3)c2n1. The van der Waals surface area contributed by atoms with Gasteiger partial charge in [-0.15, -0.1) is 20.4 Å². The van der Waals surface area contributed by atoms with Crippen LogP contribution in [0.3, 0.4) is 0 Å². The maximum atomic E-state index is 12.4. The second-order valence-corrected chi connectivity index (χ2v) is 27.0. The molecule has 12 heterocycles. The van der Waals surface area contributed by atoms with Gasteiger partial charge in [0.15, 0.2) is 45.9 Å². The molecule has 12 aromatic heterocycles. The highest BCUT2D eigenvalue weighted by Crippen LogP contribution is 2.34. The highest BCUT2D eigenvalue weighted by Gasteiger charge is 2.22. The molecule has 0 amide bonds. The number of unbranched alkanes of at least 4 members (excludes halogenated alkanes) is 4. The van der Waals surface area contributed by atoms with E-state index in [0.717, 1.165) is 124 Å². The number of fused-ring (bicyclic) bond motifs is 8. The molecule has 1 saturated carbocycles. The first-order valence-electron chi connectivity index (χ1n) is 36.0. The Labute approximate surface area is 608 Å². The van der Waals surface area contributed by atoms with E-state index >= 15 is 0 Å². The van der Waals surface area contributed by atoms with Crippen molar-refractivity contribution < 1.29 is 0 Å². The summed E-state index contributed by atoms with van der Waals surface area (Å²) in [7, 11) is 0. The highest BCUT2D eigenvalue weighted by molar-refractivity contribution is 5.85. The number of nitrogens with two attached hydrogens (primary N) is 4. The number of anilines is 4. The molecule has 12 N–H and O–H groups in total. The molecule has 0 unspecified atom stereocenters. The van der Waals surface area contributed by atoms with Crippen molar-refractivity contribution in [1.82, 2.24) is 138 Å². The van der Waals surface area contributed by atoms with E-state index in [-0.39, 0.29) is 46.0 Å². The molecule has 1 aliphatic rings. The predicted molar refractivity (Wildman–Crippen MR) is 407 cm³/mol. The first-order chi connectivity index (χ1) is 51.8. The summed E-state index contributed by atoms with van der Waals surface area (Å²) in [5, 5.41) is 34.0. The Hall–Kier alpha value is -12.9. The Balaban J connectivity index is 0.000000120. The quantitative estimate of drug-likeness (QED) is 0.0311. The molecule has 0 radical (unpaired) electrons. The van der Waals surface area contributed by atoms with E-state index in [4.69, 9.17) is 22.9 Å². The summed E-state index contributed by atoms with van der Waals surface area (Å²) in [5.74, 6) is 4.14. The molecule has 0 aliphatic heterocycles. The van der Waals surface area contributed by atoms with Crippen LogP contribution in [0.2, 0.25) is 0 Å². The van der Waals surface area contributed by atoms with Gasteiger partial charge in [-0.1, -0.05) is 104 Å². The molecule has 1 fully saturated rings. The lowest BCUT2D eigenvalue weighted by Gasteiger charge is -2.05. The minimum atomic E-state index is -0.267. The van der Waals surface area contributed by atoms with Gasteiger partial charge in [-0.3, -0.25) is 18.3 Å². The van der Waals surface area contributed by atoms with Crippen LogP contribution in [0.4, 0.5) is 23.3 Å². The van der Waals surface area contributed by atoms with Gasteiger partial charge in [-0.25, -0.2) is 77.8 Å². The molecule has 0 atom stereocenters. The van der Waals surface area contributed by atoms with Crippen LogP contribution in [0.5, 0.6) is 0 Å². The smallest absolute Gasteiger partial charge is 0.328 e. The lowest BCUT2D eigenvalue weighted by molar-refractivity contribution is 0.531. The van der Waals surface area contributed by atoms with Crippen LogP contribution in [0.1, 0.15) is 137 Å². The monoisotopic (exact) mass is 1450 g/mol. The summed E-state index contributed by atoms with van der Waals surface area (Å²) < 4.78 is 13.9. The number of H-pyrrole nitrogens is 4. The Morgan fingerprint density at radius 2 is 0.636 bits per heavy atom. The van der Waals surface area contributed by atoms with Crippen LogP contribution in [-0.4, -0.2) is 138 Å². The molecule has 17 rings (SSSR count). The number of rotatable bonds is 22. The summed E-state index contributed by atoms with van der Waals surface area (Å²) in [5.41, 5.74) is 37.5. The third kappa shape index (κ3) is 15.2. The summed E-state index contributed by atoms with van der Waals surface area (Å²) in [6.07, 6.45) is 13.3. The number of nitrogen functional groups attached to an aromatic ring is 4. The standard InChI is InChI=1S/C20H26N8O.C19H22N8O.2C16H18N8O/c1-3-4-5-6-7-10-28-16-9-8-14(11-15(16)25-26-28)12-27-19-17(24-20(27)29)18(21)22-13(2)23-19;1-11-21-17(20)16-18(22-11)26(19(28)23-16)10-13-6-7-15-14(9-13)24-25-27(15)8-2-3-12-4-5-12;2*1-3-6-24-12-5-4-10(7-11(12)21-22-24)8-23-15-13(20-16(23)25)14(17)18-9(2)19-15/h8-9,11H,3-7,10,12H2,1-2H3,(H,24,29)(H2,21,22,23);6-7,9,12H,2-5,8,10H2,1H3,(H,23,28)(H2,20,21,22);2*4-5,7H,3,6,8H2,1-2H3,(H,20,25)(H2,17,18,19). The molecule has 107 heavy (non-hydrogen) atoms. The first-order valence-corrected chi connectivity index (χ1v) is 36.0. The summed E-state index contributed by atoms with van der Waals surface area (Å²) in [6, 6.07) is 23.8. The molecule has 1 aliphatic carbocycles. The number of hydrogen-bond acceptors (Lipinski definition) is 24. The van der Waals surface area contributed by atoms with Crippen molar-refractivity contribution in [1.29, 1.82) is 0 Å². The second kappa shape index (κ2) is 30.4. The zero-order chi connectivity index (χ0) is 74.7. The first kappa shape index (κ1) is 71.1. The average Bonchev–Trinajstić information content (AvgIpc) is 1.64. The van der Waals surface area contributed by atoms with Crippen molar-refractivity contribution in [3.05, 3.63) is 160 Å². The number of aryl methyl sites for hydroxylation is 8. The molecule has 16 aromatic rings. The largest absolute Gasteiger partial charge is 0.382 e. The van der Waals surface area contributed by atoms with Crippen LogP contribution in [-0.2, 0) is 52.4 Å². The van der Waals surface area contributed by atoms with Gasteiger partial charge < -0.3 is 42.9 Å². The van der Waals surface area contributed by atoms with Crippen LogP contribution in [0, 0.1) is 33.6 Å². The molecule has 0 bridgehead atoms. The molecule has 4 aromatic carbocycles. The Morgan fingerprint density at radius 1 is 0.355 bits per heavy atom. The zero-order valence-electron chi connectivity index (χ0n) is 60.6. The minimum Gasteiger partial charge on any atom is -0.382 e. The minimum absolute atomic E-state index is 0.259. The normalized spacial score (nSPS) is 12.3. The second-order valence-electron chi connectivity index (χ2n) is 27.0. The maximum Gasteiger partial charge on any atom is 0.328 e. The Kier molecular flexibility index (Phi) is 20.2. The van der Waals surface area contributed by atoms with Gasteiger partial charge in [0.25, 0.3) is 0 Å². The van der Waals surface area contributed by atoms with Crippen LogP contribution in [0.15, 0.2) is 92.0 Å². The topological polar surface area (TPSA) is 481 Å². The van der Waals surface area contributed by atoms with Crippen molar-refractivity contribution in [2.45, 2.75) is 171 Å². The van der Waals surface area contributed by atoms with E-state index in [2.05, 4.69) is 122 Å². The fraction of sp³-hybridized carbons (Fsp3) is 0.380. The summed E-state index contributed by atoms with van der Waals surface area (Å²) in [6.45, 7) is 18.3.